The van der Waals surface area contributed by atoms with Crippen LogP contribution in [0.2, 0.25) is 0 Å². The number of benzene rings is 2. The van der Waals surface area contributed by atoms with Gasteiger partial charge in [0.2, 0.25) is 15.9 Å². The number of sulfonamides is 1. The van der Waals surface area contributed by atoms with Crippen LogP contribution >= 0.6 is 11.3 Å². The Bertz CT molecular complexity index is 1120. The maximum Gasteiger partial charge on any atom is 0.242 e. The van der Waals surface area contributed by atoms with Crippen LogP contribution in [0.4, 0.5) is 4.39 Å². The average molecular weight is 462 g/mol. The van der Waals surface area contributed by atoms with Crippen LogP contribution < -0.4 is 10.6 Å². The molecule has 31 heavy (non-hydrogen) atoms. The molecule has 3 aromatic rings. The zero-order chi connectivity index (χ0) is 22.4. The third-order valence-electron chi connectivity index (χ3n) is 4.71. The fourth-order valence-corrected chi connectivity index (χ4v) is 4.99. The maximum absolute atomic E-state index is 13.3. The van der Waals surface area contributed by atoms with E-state index >= 15 is 0 Å². The smallest absolute Gasteiger partial charge is 0.242 e. The number of rotatable bonds is 9. The molecule has 0 saturated carbocycles. The summed E-state index contributed by atoms with van der Waals surface area (Å²) >= 11 is 1.54. The zero-order valence-electron chi connectivity index (χ0n) is 17.2. The van der Waals surface area contributed by atoms with E-state index in [2.05, 4.69) is 10.6 Å². The van der Waals surface area contributed by atoms with Crippen LogP contribution in [0.5, 0.6) is 0 Å². The molecule has 3 rings (SSSR count). The van der Waals surface area contributed by atoms with E-state index in [4.69, 9.17) is 0 Å². The number of carbonyl (C=O) groups is 1. The van der Waals surface area contributed by atoms with E-state index in [0.29, 0.717) is 5.56 Å². The molecule has 0 aliphatic rings. The second kappa shape index (κ2) is 10.1. The Labute approximate surface area is 185 Å². The molecule has 1 amide bonds. The van der Waals surface area contributed by atoms with Crippen molar-refractivity contribution in [1.82, 2.24) is 14.9 Å². The molecule has 9 heteroatoms. The first-order chi connectivity index (χ1) is 14.8. The van der Waals surface area contributed by atoms with Crippen LogP contribution in [-0.2, 0) is 21.4 Å². The van der Waals surface area contributed by atoms with Gasteiger partial charge in [-0.1, -0.05) is 36.4 Å². The fraction of sp³-hybridized carbons (Fsp3) is 0.227. The first-order valence-corrected chi connectivity index (χ1v) is 11.9. The molecule has 1 atom stereocenters. The molecule has 2 aromatic carbocycles. The summed E-state index contributed by atoms with van der Waals surface area (Å²) in [5, 5.41) is 7.92. The van der Waals surface area contributed by atoms with Crippen molar-refractivity contribution >= 4 is 27.3 Å². The normalized spacial score (nSPS) is 12.6. The molecule has 6 nitrogen and oxygen atoms in total. The van der Waals surface area contributed by atoms with Crippen LogP contribution in [0.15, 0.2) is 70.9 Å². The van der Waals surface area contributed by atoms with Crippen molar-refractivity contribution in [3.05, 3.63) is 87.9 Å². The lowest BCUT2D eigenvalue weighted by Gasteiger charge is -2.18. The Morgan fingerprint density at radius 2 is 1.77 bits per heavy atom. The van der Waals surface area contributed by atoms with Gasteiger partial charge in [0.1, 0.15) is 5.82 Å². The topological polar surface area (TPSA) is 78.5 Å². The summed E-state index contributed by atoms with van der Waals surface area (Å²) in [6, 6.07) is 16.3. The summed E-state index contributed by atoms with van der Waals surface area (Å²) in [6.45, 7) is 0.104. The molecule has 0 aliphatic carbocycles. The van der Waals surface area contributed by atoms with E-state index in [9.17, 15) is 17.6 Å². The predicted octanol–water partition coefficient (Wildman–Crippen LogP) is 3.13. The summed E-state index contributed by atoms with van der Waals surface area (Å²) in [7, 11) is -0.679. The minimum Gasteiger partial charge on any atom is -0.351 e. The van der Waals surface area contributed by atoms with Crippen LogP contribution in [0.3, 0.4) is 0 Å². The molecular weight excluding hydrogens is 437 g/mol. The van der Waals surface area contributed by atoms with Gasteiger partial charge in [-0.05, 0) is 40.8 Å². The Morgan fingerprint density at radius 1 is 1.06 bits per heavy atom. The summed E-state index contributed by atoms with van der Waals surface area (Å²) in [6.07, 6.45) is 0. The minimum atomic E-state index is -3.61. The molecule has 2 N–H and O–H groups in total. The number of amides is 1. The molecule has 1 heterocycles. The van der Waals surface area contributed by atoms with Crippen molar-refractivity contribution in [3.63, 3.8) is 0 Å². The van der Waals surface area contributed by atoms with Crippen molar-refractivity contribution < 1.29 is 17.6 Å². The molecule has 1 unspecified atom stereocenters. The van der Waals surface area contributed by atoms with E-state index < -0.39 is 10.0 Å². The lowest BCUT2D eigenvalue weighted by Crippen LogP contribution is -2.36. The molecular formula is C22H24FN3O3S2. The van der Waals surface area contributed by atoms with Gasteiger partial charge in [0, 0.05) is 25.5 Å². The van der Waals surface area contributed by atoms with E-state index in [1.165, 1.54) is 32.3 Å². The standard InChI is InChI=1S/C22H24FN3O3S2/c1-26(2)31(28,29)20-8-4-3-6-17(20)14-24-21(27)15-25-22(19-7-5-13-30-19)16-9-11-18(23)12-10-16/h3-13,22,25H,14-15H2,1-2H3,(H,24,27). The molecule has 0 aliphatic heterocycles. The SMILES string of the molecule is CN(C)S(=O)(=O)c1ccccc1CNC(=O)CNC(c1ccc(F)cc1)c1cccs1. The Morgan fingerprint density at radius 3 is 2.42 bits per heavy atom. The van der Waals surface area contributed by atoms with E-state index in [0.717, 1.165) is 14.7 Å². The van der Waals surface area contributed by atoms with Gasteiger partial charge in [-0.25, -0.2) is 17.1 Å². The van der Waals surface area contributed by atoms with Crippen LogP contribution in [0.25, 0.3) is 0 Å². The Kier molecular flexibility index (Phi) is 7.55. The van der Waals surface area contributed by atoms with E-state index in [1.807, 2.05) is 17.5 Å². The van der Waals surface area contributed by atoms with Crippen LogP contribution in [-0.4, -0.2) is 39.3 Å². The highest BCUT2D eigenvalue weighted by Crippen LogP contribution is 2.26. The predicted molar refractivity (Wildman–Crippen MR) is 120 cm³/mol. The van der Waals surface area contributed by atoms with Gasteiger partial charge < -0.3 is 5.32 Å². The molecule has 1 aromatic heterocycles. The van der Waals surface area contributed by atoms with E-state index in [-0.39, 0.29) is 35.8 Å². The van der Waals surface area contributed by atoms with Crippen molar-refractivity contribution in [2.24, 2.45) is 0 Å². The highest BCUT2D eigenvalue weighted by atomic mass is 32.2. The van der Waals surface area contributed by atoms with Crippen LogP contribution in [0, 0.1) is 5.82 Å². The summed E-state index contributed by atoms with van der Waals surface area (Å²) in [4.78, 5) is 13.6. The lowest BCUT2D eigenvalue weighted by atomic mass is 10.1. The molecule has 0 saturated heterocycles. The Balaban J connectivity index is 1.67. The Hall–Kier alpha value is -2.59. The largest absolute Gasteiger partial charge is 0.351 e. The second-order valence-electron chi connectivity index (χ2n) is 7.05. The quantitative estimate of drug-likeness (QED) is 0.513. The highest BCUT2D eigenvalue weighted by Gasteiger charge is 2.21. The van der Waals surface area contributed by atoms with Gasteiger partial charge >= 0.3 is 0 Å². The summed E-state index contributed by atoms with van der Waals surface area (Å²) < 4.78 is 39.4. The molecule has 0 fully saturated rings. The van der Waals surface area contributed by atoms with Gasteiger partial charge in [0.05, 0.1) is 17.5 Å². The number of nitrogens with zero attached hydrogens (tertiary/aromatic N) is 1. The highest BCUT2D eigenvalue weighted by molar-refractivity contribution is 7.89. The third-order valence-corrected chi connectivity index (χ3v) is 7.56. The minimum absolute atomic E-state index is 0.0164. The fourth-order valence-electron chi connectivity index (χ4n) is 3.04. The van der Waals surface area contributed by atoms with Gasteiger partial charge in [0.25, 0.3) is 0 Å². The number of halogens is 1. The number of hydrogen-bond acceptors (Lipinski definition) is 5. The van der Waals surface area contributed by atoms with Gasteiger partial charge in [-0.15, -0.1) is 11.3 Å². The third kappa shape index (κ3) is 5.76. The van der Waals surface area contributed by atoms with Crippen molar-refractivity contribution in [1.29, 1.82) is 0 Å². The first kappa shape index (κ1) is 23.1. The molecule has 0 bridgehead atoms. The zero-order valence-corrected chi connectivity index (χ0v) is 18.8. The summed E-state index contributed by atoms with van der Waals surface area (Å²) in [5.74, 6) is -0.599. The summed E-state index contributed by atoms with van der Waals surface area (Å²) in [5.41, 5.74) is 1.36. The molecule has 164 valence electrons. The molecule has 0 radical (unpaired) electrons. The van der Waals surface area contributed by atoms with Gasteiger partial charge in [0.15, 0.2) is 0 Å². The maximum atomic E-state index is 13.3. The number of nitrogens with one attached hydrogen (secondary N) is 2. The van der Waals surface area contributed by atoms with E-state index in [1.54, 1.807) is 41.7 Å². The molecule has 0 spiro atoms. The monoisotopic (exact) mass is 461 g/mol. The van der Waals surface area contributed by atoms with Crippen molar-refractivity contribution in [3.8, 4) is 0 Å². The van der Waals surface area contributed by atoms with Gasteiger partial charge in [-0.3, -0.25) is 10.1 Å². The van der Waals surface area contributed by atoms with Gasteiger partial charge in [-0.2, -0.15) is 0 Å². The van der Waals surface area contributed by atoms with Crippen molar-refractivity contribution in [2.75, 3.05) is 20.6 Å². The van der Waals surface area contributed by atoms with Crippen molar-refractivity contribution in [2.45, 2.75) is 17.5 Å². The number of thiophene rings is 1. The number of carbonyl (C=O) groups excluding carboxylic acids is 1. The average Bonchev–Trinajstić information content (AvgIpc) is 3.28. The lowest BCUT2D eigenvalue weighted by molar-refractivity contribution is -0.120. The second-order valence-corrected chi connectivity index (χ2v) is 10.2. The first-order valence-electron chi connectivity index (χ1n) is 9.58. The van der Waals surface area contributed by atoms with Crippen LogP contribution in [0.1, 0.15) is 22.0 Å². The number of hydrogen-bond donors (Lipinski definition) is 2.